The minimum Gasteiger partial charge on any atom is -0.331 e. The van der Waals surface area contributed by atoms with E-state index in [2.05, 4.69) is 5.32 Å². The van der Waals surface area contributed by atoms with Crippen molar-refractivity contribution in [2.45, 2.75) is 32.4 Å². The highest BCUT2D eigenvalue weighted by Crippen LogP contribution is 2.15. The number of nitrogens with two attached hydrogens (primary N) is 1. The molecule has 1 aromatic rings. The van der Waals surface area contributed by atoms with Gasteiger partial charge in [-0.15, -0.1) is 0 Å². The Labute approximate surface area is 108 Å². The van der Waals surface area contributed by atoms with Gasteiger partial charge in [-0.25, -0.2) is 4.79 Å². The Morgan fingerprint density at radius 1 is 1.33 bits per heavy atom. The molecule has 3 N–H and O–H groups in total. The third-order valence-electron chi connectivity index (χ3n) is 3.45. The van der Waals surface area contributed by atoms with Crippen LogP contribution in [0.1, 0.15) is 36.9 Å². The van der Waals surface area contributed by atoms with Crippen LogP contribution in [-0.2, 0) is 6.54 Å². The lowest BCUT2D eigenvalue weighted by Gasteiger charge is -2.20. The van der Waals surface area contributed by atoms with E-state index in [0.717, 1.165) is 37.1 Å². The van der Waals surface area contributed by atoms with Gasteiger partial charge in [0, 0.05) is 19.6 Å². The van der Waals surface area contributed by atoms with Gasteiger partial charge in [-0.3, -0.25) is 0 Å². The molecule has 1 heterocycles. The Balaban J connectivity index is 1.93. The van der Waals surface area contributed by atoms with Crippen LogP contribution < -0.4 is 11.1 Å². The zero-order chi connectivity index (χ0) is 13.0. The Morgan fingerprint density at radius 3 is 2.50 bits per heavy atom. The third-order valence-corrected chi connectivity index (χ3v) is 3.45. The van der Waals surface area contributed by atoms with E-state index in [-0.39, 0.29) is 12.1 Å². The molecule has 1 atom stereocenters. The van der Waals surface area contributed by atoms with Crippen LogP contribution >= 0.6 is 0 Å². The lowest BCUT2D eigenvalue weighted by molar-refractivity contribution is 0.205. The van der Waals surface area contributed by atoms with Crippen LogP contribution in [0.2, 0.25) is 0 Å². The quantitative estimate of drug-likeness (QED) is 0.858. The Hall–Kier alpha value is -1.55. The summed E-state index contributed by atoms with van der Waals surface area (Å²) in [6.07, 6.45) is 2.24. The number of nitrogens with zero attached hydrogens (tertiary/aromatic N) is 1. The maximum Gasteiger partial charge on any atom is 0.317 e. The fraction of sp³-hybridized carbons (Fsp3) is 0.500. The van der Waals surface area contributed by atoms with E-state index in [1.807, 2.05) is 36.1 Å². The van der Waals surface area contributed by atoms with E-state index in [4.69, 9.17) is 5.73 Å². The topological polar surface area (TPSA) is 58.4 Å². The summed E-state index contributed by atoms with van der Waals surface area (Å²) >= 11 is 0. The molecule has 0 spiro atoms. The molecule has 4 heteroatoms. The fourth-order valence-corrected chi connectivity index (χ4v) is 2.22. The highest BCUT2D eigenvalue weighted by molar-refractivity contribution is 5.74. The van der Waals surface area contributed by atoms with Crippen molar-refractivity contribution < 1.29 is 4.79 Å². The predicted octanol–water partition coefficient (Wildman–Crippen LogP) is 2.01. The number of hydrogen-bond donors (Lipinski definition) is 2. The third kappa shape index (κ3) is 3.01. The molecule has 98 valence electrons. The number of amides is 2. The molecule has 1 aliphatic rings. The number of carbonyl (C=O) groups is 1. The predicted molar refractivity (Wildman–Crippen MR) is 72.1 cm³/mol. The van der Waals surface area contributed by atoms with Crippen molar-refractivity contribution in [3.8, 4) is 0 Å². The first-order valence-electron chi connectivity index (χ1n) is 6.55. The molecule has 0 bridgehead atoms. The van der Waals surface area contributed by atoms with Crippen molar-refractivity contribution in [2.24, 2.45) is 5.73 Å². The molecule has 1 aromatic carbocycles. The second-order valence-electron chi connectivity index (χ2n) is 4.81. The molecule has 0 saturated carbocycles. The van der Waals surface area contributed by atoms with E-state index in [9.17, 15) is 4.79 Å². The van der Waals surface area contributed by atoms with E-state index in [1.54, 1.807) is 0 Å². The summed E-state index contributed by atoms with van der Waals surface area (Å²) in [5.41, 5.74) is 7.78. The van der Waals surface area contributed by atoms with Crippen LogP contribution in [0.25, 0.3) is 0 Å². The standard InChI is InChI=1S/C14H21N3O/c1-11(13-6-4-12(10-15)5-7-13)16-14(18)17-8-2-3-9-17/h4-7,11H,2-3,8-10,15H2,1H3,(H,16,18). The Kier molecular flexibility index (Phi) is 4.20. The number of benzene rings is 1. The smallest absolute Gasteiger partial charge is 0.317 e. The van der Waals surface area contributed by atoms with Gasteiger partial charge in [-0.1, -0.05) is 24.3 Å². The van der Waals surface area contributed by atoms with Crippen molar-refractivity contribution in [3.05, 3.63) is 35.4 Å². The molecule has 0 aliphatic carbocycles. The zero-order valence-electron chi connectivity index (χ0n) is 10.9. The first-order valence-corrected chi connectivity index (χ1v) is 6.55. The van der Waals surface area contributed by atoms with E-state index in [0.29, 0.717) is 6.54 Å². The number of nitrogens with one attached hydrogen (secondary N) is 1. The van der Waals surface area contributed by atoms with Crippen molar-refractivity contribution in [3.63, 3.8) is 0 Å². The highest BCUT2D eigenvalue weighted by Gasteiger charge is 2.19. The van der Waals surface area contributed by atoms with Gasteiger partial charge in [0.2, 0.25) is 0 Å². The fourth-order valence-electron chi connectivity index (χ4n) is 2.22. The number of likely N-dealkylation sites (tertiary alicyclic amines) is 1. The summed E-state index contributed by atoms with van der Waals surface area (Å²) in [4.78, 5) is 13.8. The lowest BCUT2D eigenvalue weighted by Crippen LogP contribution is -2.39. The molecule has 18 heavy (non-hydrogen) atoms. The largest absolute Gasteiger partial charge is 0.331 e. The van der Waals surface area contributed by atoms with E-state index >= 15 is 0 Å². The molecule has 2 rings (SSSR count). The van der Waals surface area contributed by atoms with E-state index < -0.39 is 0 Å². The van der Waals surface area contributed by atoms with Gasteiger partial charge in [-0.2, -0.15) is 0 Å². The maximum atomic E-state index is 11.9. The van der Waals surface area contributed by atoms with Crippen molar-refractivity contribution >= 4 is 6.03 Å². The average Bonchev–Trinajstić information content (AvgIpc) is 2.92. The zero-order valence-corrected chi connectivity index (χ0v) is 10.9. The van der Waals surface area contributed by atoms with Crippen LogP contribution in [0, 0.1) is 0 Å². The molecule has 1 fully saturated rings. The lowest BCUT2D eigenvalue weighted by atomic mass is 10.1. The molecule has 4 nitrogen and oxygen atoms in total. The maximum absolute atomic E-state index is 11.9. The van der Waals surface area contributed by atoms with Gasteiger partial charge in [0.05, 0.1) is 6.04 Å². The summed E-state index contributed by atoms with van der Waals surface area (Å²) in [5.74, 6) is 0. The summed E-state index contributed by atoms with van der Waals surface area (Å²) < 4.78 is 0. The minimum absolute atomic E-state index is 0.0323. The van der Waals surface area contributed by atoms with Gasteiger partial charge in [0.25, 0.3) is 0 Å². The molecule has 1 unspecified atom stereocenters. The van der Waals surface area contributed by atoms with Crippen molar-refractivity contribution in [2.75, 3.05) is 13.1 Å². The first kappa shape index (κ1) is 12.9. The molecule has 2 amide bonds. The van der Waals surface area contributed by atoms with Crippen LogP contribution in [0.3, 0.4) is 0 Å². The minimum atomic E-state index is 0.0323. The van der Waals surface area contributed by atoms with Crippen LogP contribution in [0.4, 0.5) is 4.79 Å². The van der Waals surface area contributed by atoms with Gasteiger partial charge < -0.3 is 16.0 Å². The summed E-state index contributed by atoms with van der Waals surface area (Å²) in [5, 5.41) is 3.03. The monoisotopic (exact) mass is 247 g/mol. The summed E-state index contributed by atoms with van der Waals surface area (Å²) in [7, 11) is 0. The van der Waals surface area contributed by atoms with Crippen LogP contribution in [0.15, 0.2) is 24.3 Å². The average molecular weight is 247 g/mol. The van der Waals surface area contributed by atoms with E-state index in [1.165, 1.54) is 0 Å². The first-order chi connectivity index (χ1) is 8.70. The summed E-state index contributed by atoms with van der Waals surface area (Å²) in [6, 6.07) is 8.14. The number of rotatable bonds is 3. The Morgan fingerprint density at radius 2 is 1.94 bits per heavy atom. The SMILES string of the molecule is CC(NC(=O)N1CCCC1)c1ccc(CN)cc1. The molecule has 0 aromatic heterocycles. The van der Waals surface area contributed by atoms with Gasteiger partial charge in [-0.05, 0) is 30.9 Å². The van der Waals surface area contributed by atoms with Crippen molar-refractivity contribution in [1.82, 2.24) is 10.2 Å². The van der Waals surface area contributed by atoms with Gasteiger partial charge in [0.15, 0.2) is 0 Å². The second-order valence-corrected chi connectivity index (χ2v) is 4.81. The van der Waals surface area contributed by atoms with Gasteiger partial charge in [0.1, 0.15) is 0 Å². The Bertz CT molecular complexity index is 396. The van der Waals surface area contributed by atoms with Gasteiger partial charge >= 0.3 is 6.03 Å². The molecular formula is C14H21N3O. The summed E-state index contributed by atoms with van der Waals surface area (Å²) in [6.45, 7) is 4.32. The second kappa shape index (κ2) is 5.87. The molecule has 1 saturated heterocycles. The number of carbonyl (C=O) groups excluding carboxylic acids is 1. The molecular weight excluding hydrogens is 226 g/mol. The molecule has 0 radical (unpaired) electrons. The number of hydrogen-bond acceptors (Lipinski definition) is 2. The van der Waals surface area contributed by atoms with Crippen molar-refractivity contribution in [1.29, 1.82) is 0 Å². The normalized spacial score (nSPS) is 16.7. The van der Waals surface area contributed by atoms with Crippen LogP contribution in [0.5, 0.6) is 0 Å². The van der Waals surface area contributed by atoms with Crippen LogP contribution in [-0.4, -0.2) is 24.0 Å². The number of urea groups is 1. The highest BCUT2D eigenvalue weighted by atomic mass is 16.2. The molecule has 1 aliphatic heterocycles.